The molecule has 6 nitrogen and oxygen atoms in total. The molecule has 1 unspecified atom stereocenters. The van der Waals surface area contributed by atoms with E-state index >= 15 is 0 Å². The first kappa shape index (κ1) is 24.9. The molecule has 0 bridgehead atoms. The van der Waals surface area contributed by atoms with Crippen LogP contribution in [-0.2, 0) is 15.1 Å². The van der Waals surface area contributed by atoms with Crippen molar-refractivity contribution in [1.82, 2.24) is 9.97 Å². The van der Waals surface area contributed by atoms with Crippen molar-refractivity contribution in [3.8, 4) is 6.01 Å². The van der Waals surface area contributed by atoms with Crippen molar-refractivity contribution >= 4 is 5.97 Å². The van der Waals surface area contributed by atoms with Crippen molar-refractivity contribution in [2.45, 2.75) is 64.1 Å². The average molecular weight is 475 g/mol. The molecule has 2 aromatic carbocycles. The van der Waals surface area contributed by atoms with Gasteiger partial charge in [-0.15, -0.1) is 0 Å². The molecule has 1 aliphatic rings. The van der Waals surface area contributed by atoms with Crippen molar-refractivity contribution in [2.24, 2.45) is 5.92 Å². The van der Waals surface area contributed by atoms with E-state index in [1.54, 1.807) is 0 Å². The molecule has 1 heterocycles. The van der Waals surface area contributed by atoms with Crippen LogP contribution in [0.4, 0.5) is 0 Å². The quantitative estimate of drug-likeness (QED) is 0.397. The highest BCUT2D eigenvalue weighted by molar-refractivity contribution is 5.76. The molecule has 0 amide bonds. The minimum atomic E-state index is -1.40. The van der Waals surface area contributed by atoms with Crippen LogP contribution in [0.3, 0.4) is 0 Å². The molecule has 1 fully saturated rings. The van der Waals surface area contributed by atoms with Crippen LogP contribution in [0.25, 0.3) is 0 Å². The SMILES string of the molecule is Cc1cc(C)nc(OC(C(=O)O)C(OCCC2CCCCC2)(c2ccccc2)c2ccccc2)n1. The molecule has 3 aromatic rings. The van der Waals surface area contributed by atoms with Gasteiger partial charge in [-0.1, -0.05) is 92.8 Å². The van der Waals surface area contributed by atoms with Crippen molar-refractivity contribution in [3.63, 3.8) is 0 Å². The highest BCUT2D eigenvalue weighted by atomic mass is 16.6. The smallest absolute Gasteiger partial charge is 0.348 e. The maximum atomic E-state index is 12.9. The van der Waals surface area contributed by atoms with Gasteiger partial charge in [0.2, 0.25) is 6.10 Å². The second-order valence-electron chi connectivity index (χ2n) is 9.38. The molecule has 6 heteroatoms. The number of carboxylic acids is 1. The summed E-state index contributed by atoms with van der Waals surface area (Å²) in [5.41, 5.74) is 1.46. The van der Waals surface area contributed by atoms with Crippen LogP contribution < -0.4 is 4.74 Å². The zero-order valence-corrected chi connectivity index (χ0v) is 20.5. The normalized spacial score (nSPS) is 15.5. The molecule has 35 heavy (non-hydrogen) atoms. The summed E-state index contributed by atoms with van der Waals surface area (Å²) in [6.45, 7) is 4.09. The number of ether oxygens (including phenoxy) is 2. The summed E-state index contributed by atoms with van der Waals surface area (Å²) in [5, 5.41) is 10.5. The predicted octanol–water partition coefficient (Wildman–Crippen LogP) is 5.86. The van der Waals surface area contributed by atoms with Gasteiger partial charge in [-0.3, -0.25) is 0 Å². The summed E-state index contributed by atoms with van der Waals surface area (Å²) in [4.78, 5) is 21.6. The Balaban J connectivity index is 1.78. The lowest BCUT2D eigenvalue weighted by Gasteiger charge is -2.39. The van der Waals surface area contributed by atoms with Crippen molar-refractivity contribution in [3.05, 3.63) is 89.2 Å². The molecule has 0 aliphatic heterocycles. The van der Waals surface area contributed by atoms with E-state index in [0.717, 1.165) is 6.42 Å². The Morgan fingerprint density at radius 1 is 0.943 bits per heavy atom. The second-order valence-corrected chi connectivity index (χ2v) is 9.38. The average Bonchev–Trinajstić information content (AvgIpc) is 2.87. The zero-order chi connectivity index (χ0) is 24.7. The minimum absolute atomic E-state index is 0.0296. The fourth-order valence-electron chi connectivity index (χ4n) is 5.10. The molecule has 1 N–H and O–H groups in total. The lowest BCUT2D eigenvalue weighted by Crippen LogP contribution is -2.51. The summed E-state index contributed by atoms with van der Waals surface area (Å²) < 4.78 is 12.8. The van der Waals surface area contributed by atoms with Crippen LogP contribution in [0.1, 0.15) is 61.0 Å². The number of carboxylic acid groups (broad SMARTS) is 1. The number of aryl methyl sites for hydroxylation is 2. The molecule has 0 spiro atoms. The zero-order valence-electron chi connectivity index (χ0n) is 20.5. The Kier molecular flexibility index (Phi) is 8.13. The number of carbonyl (C=O) groups is 1. The lowest BCUT2D eigenvalue weighted by atomic mass is 9.80. The molecule has 1 saturated carbocycles. The van der Waals surface area contributed by atoms with Gasteiger partial charge in [-0.05, 0) is 43.4 Å². The van der Waals surface area contributed by atoms with Crippen LogP contribution in [0, 0.1) is 19.8 Å². The molecular formula is C29H34N2O4. The van der Waals surface area contributed by atoms with E-state index in [9.17, 15) is 9.90 Å². The van der Waals surface area contributed by atoms with Gasteiger partial charge in [-0.25, -0.2) is 14.8 Å². The van der Waals surface area contributed by atoms with Gasteiger partial charge in [0.25, 0.3) is 0 Å². The predicted molar refractivity (Wildman–Crippen MR) is 134 cm³/mol. The maximum Gasteiger partial charge on any atom is 0.348 e. The van der Waals surface area contributed by atoms with Gasteiger partial charge in [0.1, 0.15) is 0 Å². The monoisotopic (exact) mass is 474 g/mol. The third-order valence-corrected chi connectivity index (χ3v) is 6.76. The van der Waals surface area contributed by atoms with Gasteiger partial charge >= 0.3 is 12.0 Å². The van der Waals surface area contributed by atoms with Crippen molar-refractivity contribution in [1.29, 1.82) is 0 Å². The highest BCUT2D eigenvalue weighted by Crippen LogP contribution is 2.40. The first-order valence-corrected chi connectivity index (χ1v) is 12.5. The van der Waals surface area contributed by atoms with E-state index in [1.165, 1.54) is 32.1 Å². The topological polar surface area (TPSA) is 81.5 Å². The molecule has 0 radical (unpaired) electrons. The standard InChI is InChI=1S/C29H34N2O4/c1-21-20-22(2)31-28(30-21)35-26(27(32)33)29(24-14-8-4-9-15-24,25-16-10-5-11-17-25)34-19-18-23-12-6-3-7-13-23/h4-5,8-11,14-17,20,23,26H,3,6-7,12-13,18-19H2,1-2H3,(H,32,33). The number of hydrogen-bond donors (Lipinski definition) is 1. The Morgan fingerprint density at radius 3 is 2.00 bits per heavy atom. The molecule has 0 saturated heterocycles. The Hall–Kier alpha value is -3.25. The minimum Gasteiger partial charge on any atom is -0.478 e. The number of hydrogen-bond acceptors (Lipinski definition) is 5. The summed E-state index contributed by atoms with van der Waals surface area (Å²) in [7, 11) is 0. The second kappa shape index (κ2) is 11.5. The summed E-state index contributed by atoms with van der Waals surface area (Å²) in [6.07, 6.45) is 5.66. The number of benzene rings is 2. The van der Waals surface area contributed by atoms with Crippen LogP contribution in [0.5, 0.6) is 6.01 Å². The van der Waals surface area contributed by atoms with Crippen LogP contribution in [-0.4, -0.2) is 33.8 Å². The first-order chi connectivity index (χ1) is 17.0. The van der Waals surface area contributed by atoms with E-state index in [4.69, 9.17) is 9.47 Å². The van der Waals surface area contributed by atoms with Crippen LogP contribution in [0.2, 0.25) is 0 Å². The Labute approximate surface area is 207 Å². The fraction of sp³-hybridized carbons (Fsp3) is 0.414. The number of rotatable bonds is 10. The van der Waals surface area contributed by atoms with E-state index in [0.29, 0.717) is 35.0 Å². The van der Waals surface area contributed by atoms with Gasteiger partial charge in [0.15, 0.2) is 5.60 Å². The summed E-state index contributed by atoms with van der Waals surface area (Å²) in [5.74, 6) is -0.543. The molecule has 1 aromatic heterocycles. The summed E-state index contributed by atoms with van der Waals surface area (Å²) in [6, 6.07) is 20.8. The van der Waals surface area contributed by atoms with E-state index in [2.05, 4.69) is 9.97 Å². The lowest BCUT2D eigenvalue weighted by molar-refractivity contribution is -0.164. The Bertz CT molecular complexity index is 1040. The van der Waals surface area contributed by atoms with Gasteiger partial charge in [-0.2, -0.15) is 0 Å². The third kappa shape index (κ3) is 5.88. The Morgan fingerprint density at radius 2 is 1.49 bits per heavy atom. The largest absolute Gasteiger partial charge is 0.478 e. The number of aromatic nitrogens is 2. The fourth-order valence-corrected chi connectivity index (χ4v) is 5.10. The maximum absolute atomic E-state index is 12.9. The third-order valence-electron chi connectivity index (χ3n) is 6.76. The summed E-state index contributed by atoms with van der Waals surface area (Å²) >= 11 is 0. The van der Waals surface area contributed by atoms with Crippen molar-refractivity contribution in [2.75, 3.05) is 6.61 Å². The first-order valence-electron chi connectivity index (χ1n) is 12.5. The van der Waals surface area contributed by atoms with E-state index in [1.807, 2.05) is 80.6 Å². The number of nitrogens with zero attached hydrogens (tertiary/aromatic N) is 2. The molecule has 1 aliphatic carbocycles. The van der Waals surface area contributed by atoms with Gasteiger partial charge < -0.3 is 14.6 Å². The van der Waals surface area contributed by atoms with Crippen molar-refractivity contribution < 1.29 is 19.4 Å². The van der Waals surface area contributed by atoms with E-state index in [-0.39, 0.29) is 6.01 Å². The molecular weight excluding hydrogens is 440 g/mol. The molecule has 184 valence electrons. The van der Waals surface area contributed by atoms with E-state index < -0.39 is 17.7 Å². The van der Waals surface area contributed by atoms with Crippen LogP contribution in [0.15, 0.2) is 66.7 Å². The number of aliphatic carboxylic acids is 1. The molecule has 4 rings (SSSR count). The highest BCUT2D eigenvalue weighted by Gasteiger charge is 2.50. The van der Waals surface area contributed by atoms with Gasteiger partial charge in [0, 0.05) is 18.0 Å². The van der Waals surface area contributed by atoms with Crippen LogP contribution >= 0.6 is 0 Å². The van der Waals surface area contributed by atoms with Gasteiger partial charge in [0.05, 0.1) is 0 Å². The molecule has 1 atom stereocenters.